The number of alkyl halides is 2. The van der Waals surface area contributed by atoms with E-state index in [0.717, 1.165) is 0 Å². The van der Waals surface area contributed by atoms with Crippen LogP contribution in [0.4, 0.5) is 8.78 Å². The van der Waals surface area contributed by atoms with E-state index in [9.17, 15) is 17.2 Å². The molecule has 0 unspecified atom stereocenters. The molecular formula is C7H17F2N3O3S. The molecule has 0 fully saturated rings. The van der Waals surface area contributed by atoms with Crippen LogP contribution in [0.15, 0.2) is 0 Å². The van der Waals surface area contributed by atoms with Gasteiger partial charge in [-0.3, -0.25) is 0 Å². The van der Waals surface area contributed by atoms with E-state index in [2.05, 4.69) is 9.46 Å². The van der Waals surface area contributed by atoms with Gasteiger partial charge in [-0.25, -0.2) is 8.78 Å². The number of methoxy groups -OCH3 is 1. The summed E-state index contributed by atoms with van der Waals surface area (Å²) in [5.41, 5.74) is 5.15. The third-order valence-corrected chi connectivity index (χ3v) is 3.23. The minimum atomic E-state index is -3.91. The highest BCUT2D eigenvalue weighted by atomic mass is 32.2. The minimum Gasteiger partial charge on any atom is -0.383 e. The third kappa shape index (κ3) is 6.28. The molecule has 0 saturated heterocycles. The zero-order valence-corrected chi connectivity index (χ0v) is 9.84. The Morgan fingerprint density at radius 2 is 2.12 bits per heavy atom. The predicted octanol–water partition coefficient (Wildman–Crippen LogP) is -1.01. The summed E-state index contributed by atoms with van der Waals surface area (Å²) in [4.78, 5) is 0. The second kappa shape index (κ2) is 7.85. The summed E-state index contributed by atoms with van der Waals surface area (Å²) in [5.74, 6) is 0. The third-order valence-electron chi connectivity index (χ3n) is 1.65. The monoisotopic (exact) mass is 261 g/mol. The second-order valence-electron chi connectivity index (χ2n) is 2.93. The molecule has 0 amide bonds. The SMILES string of the molecule is COCCNS(=O)(=O)N(CCN)CC(F)F. The Hall–Kier alpha value is -0.350. The molecule has 0 aliphatic rings. The zero-order chi connectivity index (χ0) is 12.6. The van der Waals surface area contributed by atoms with Gasteiger partial charge in [-0.15, -0.1) is 0 Å². The van der Waals surface area contributed by atoms with Gasteiger partial charge in [0.15, 0.2) is 0 Å². The highest BCUT2D eigenvalue weighted by molar-refractivity contribution is 7.87. The summed E-state index contributed by atoms with van der Waals surface area (Å²) in [6.07, 6.45) is -2.73. The number of hydrogen-bond donors (Lipinski definition) is 2. The summed E-state index contributed by atoms with van der Waals surface area (Å²) < 4.78 is 54.7. The Morgan fingerprint density at radius 1 is 1.50 bits per heavy atom. The number of nitrogens with one attached hydrogen (secondary N) is 1. The Morgan fingerprint density at radius 3 is 2.56 bits per heavy atom. The fourth-order valence-corrected chi connectivity index (χ4v) is 2.15. The summed E-state index contributed by atoms with van der Waals surface area (Å²) in [5, 5.41) is 0. The van der Waals surface area contributed by atoms with Crippen molar-refractivity contribution in [2.24, 2.45) is 5.73 Å². The number of nitrogens with zero attached hydrogens (tertiary/aromatic N) is 1. The van der Waals surface area contributed by atoms with E-state index < -0.39 is 23.2 Å². The van der Waals surface area contributed by atoms with E-state index in [1.54, 1.807) is 0 Å². The zero-order valence-electron chi connectivity index (χ0n) is 9.03. The van der Waals surface area contributed by atoms with E-state index in [4.69, 9.17) is 5.73 Å². The van der Waals surface area contributed by atoms with E-state index in [1.807, 2.05) is 0 Å². The molecular weight excluding hydrogens is 244 g/mol. The first kappa shape index (κ1) is 15.7. The molecule has 0 atom stereocenters. The van der Waals surface area contributed by atoms with Crippen LogP contribution in [0.2, 0.25) is 0 Å². The first-order valence-corrected chi connectivity index (χ1v) is 6.10. The van der Waals surface area contributed by atoms with Gasteiger partial charge in [0.25, 0.3) is 16.6 Å². The van der Waals surface area contributed by atoms with Crippen molar-refractivity contribution >= 4 is 10.2 Å². The molecule has 0 aromatic rings. The fourth-order valence-electron chi connectivity index (χ4n) is 0.972. The smallest absolute Gasteiger partial charge is 0.279 e. The molecule has 98 valence electrons. The van der Waals surface area contributed by atoms with Crippen LogP contribution in [0.1, 0.15) is 0 Å². The molecule has 6 nitrogen and oxygen atoms in total. The van der Waals surface area contributed by atoms with Gasteiger partial charge in [0.05, 0.1) is 13.2 Å². The lowest BCUT2D eigenvalue weighted by Gasteiger charge is -2.21. The van der Waals surface area contributed by atoms with Crippen LogP contribution in [0.3, 0.4) is 0 Å². The van der Waals surface area contributed by atoms with Gasteiger partial charge in [0.2, 0.25) is 0 Å². The first-order chi connectivity index (χ1) is 7.44. The molecule has 0 bridgehead atoms. The standard InChI is InChI=1S/C7H17F2N3O3S/c1-15-5-3-11-16(13,14)12(4-2-10)6-7(8)9/h7,11H,2-6,10H2,1H3. The Balaban J connectivity index is 4.37. The Labute approximate surface area is 93.9 Å². The molecule has 3 N–H and O–H groups in total. The molecule has 0 radical (unpaired) electrons. The fraction of sp³-hybridized carbons (Fsp3) is 1.00. The summed E-state index contributed by atoms with van der Waals surface area (Å²) >= 11 is 0. The first-order valence-electron chi connectivity index (χ1n) is 4.66. The van der Waals surface area contributed by atoms with E-state index >= 15 is 0 Å². The highest BCUT2D eigenvalue weighted by Crippen LogP contribution is 2.02. The number of ether oxygens (including phenoxy) is 1. The lowest BCUT2D eigenvalue weighted by Crippen LogP contribution is -2.46. The van der Waals surface area contributed by atoms with Crippen LogP contribution in [0, 0.1) is 0 Å². The van der Waals surface area contributed by atoms with Crippen molar-refractivity contribution in [1.29, 1.82) is 0 Å². The molecule has 9 heteroatoms. The topological polar surface area (TPSA) is 84.7 Å². The molecule has 0 aliphatic carbocycles. The van der Waals surface area contributed by atoms with E-state index in [-0.39, 0.29) is 26.2 Å². The van der Waals surface area contributed by atoms with Crippen LogP contribution >= 0.6 is 0 Å². The van der Waals surface area contributed by atoms with Gasteiger partial charge < -0.3 is 10.5 Å². The van der Waals surface area contributed by atoms with Crippen LogP contribution in [0.5, 0.6) is 0 Å². The molecule has 0 heterocycles. The van der Waals surface area contributed by atoms with Crippen molar-refractivity contribution in [3.05, 3.63) is 0 Å². The number of hydrogen-bond acceptors (Lipinski definition) is 4. The Bertz CT molecular complexity index is 274. The van der Waals surface area contributed by atoms with Crippen molar-refractivity contribution < 1.29 is 21.9 Å². The molecule has 0 rings (SSSR count). The quantitative estimate of drug-likeness (QED) is 0.521. The van der Waals surface area contributed by atoms with Crippen molar-refractivity contribution in [2.45, 2.75) is 6.43 Å². The van der Waals surface area contributed by atoms with Crippen molar-refractivity contribution in [1.82, 2.24) is 9.03 Å². The molecule has 0 aliphatic heterocycles. The maximum Gasteiger partial charge on any atom is 0.279 e. The lowest BCUT2D eigenvalue weighted by atomic mass is 10.6. The highest BCUT2D eigenvalue weighted by Gasteiger charge is 2.23. The van der Waals surface area contributed by atoms with Crippen LogP contribution in [0.25, 0.3) is 0 Å². The van der Waals surface area contributed by atoms with Gasteiger partial charge in [-0.1, -0.05) is 0 Å². The normalized spacial score (nSPS) is 12.6. The van der Waals surface area contributed by atoms with Gasteiger partial charge in [-0.2, -0.15) is 17.4 Å². The molecule has 0 aromatic heterocycles. The molecule has 0 saturated carbocycles. The Kier molecular flexibility index (Phi) is 7.68. The van der Waals surface area contributed by atoms with Gasteiger partial charge in [0.1, 0.15) is 0 Å². The van der Waals surface area contributed by atoms with Gasteiger partial charge in [-0.05, 0) is 0 Å². The van der Waals surface area contributed by atoms with E-state index in [1.165, 1.54) is 7.11 Å². The molecule has 0 spiro atoms. The van der Waals surface area contributed by atoms with Crippen molar-refractivity contribution in [2.75, 3.05) is 39.9 Å². The van der Waals surface area contributed by atoms with E-state index in [0.29, 0.717) is 4.31 Å². The summed E-state index contributed by atoms with van der Waals surface area (Å²) in [6.45, 7) is -0.822. The van der Waals surface area contributed by atoms with Crippen LogP contribution in [-0.4, -0.2) is 59.0 Å². The van der Waals surface area contributed by atoms with Gasteiger partial charge in [0, 0.05) is 26.7 Å². The van der Waals surface area contributed by atoms with Crippen LogP contribution < -0.4 is 10.5 Å². The maximum absolute atomic E-state index is 12.1. The summed E-state index contributed by atoms with van der Waals surface area (Å²) in [6, 6.07) is 0. The van der Waals surface area contributed by atoms with Crippen LogP contribution in [-0.2, 0) is 14.9 Å². The molecule has 0 aromatic carbocycles. The lowest BCUT2D eigenvalue weighted by molar-refractivity contribution is 0.120. The number of halogens is 2. The van der Waals surface area contributed by atoms with Crippen molar-refractivity contribution in [3.8, 4) is 0 Å². The largest absolute Gasteiger partial charge is 0.383 e. The van der Waals surface area contributed by atoms with Crippen molar-refractivity contribution in [3.63, 3.8) is 0 Å². The molecule has 16 heavy (non-hydrogen) atoms. The van der Waals surface area contributed by atoms with Gasteiger partial charge >= 0.3 is 0 Å². The summed E-state index contributed by atoms with van der Waals surface area (Å²) in [7, 11) is -2.50. The average Bonchev–Trinajstić information content (AvgIpc) is 2.16. The number of rotatable bonds is 9. The minimum absolute atomic E-state index is 0.0160. The predicted molar refractivity (Wildman–Crippen MR) is 55.4 cm³/mol. The maximum atomic E-state index is 12.1. The second-order valence-corrected chi connectivity index (χ2v) is 4.69. The average molecular weight is 261 g/mol. The number of nitrogens with two attached hydrogens (primary N) is 1.